The van der Waals surface area contributed by atoms with Crippen LogP contribution in [0.4, 0.5) is 16.8 Å². The summed E-state index contributed by atoms with van der Waals surface area (Å²) in [6.07, 6.45) is 10.8. The number of aromatic nitrogens is 8. The van der Waals surface area contributed by atoms with E-state index in [1.54, 1.807) is 6.20 Å². The van der Waals surface area contributed by atoms with Crippen molar-refractivity contribution in [3.63, 3.8) is 0 Å². The number of nitrogens with zero attached hydrogens (tertiary/aromatic N) is 10. The third-order valence-electron chi connectivity index (χ3n) is 9.94. The summed E-state index contributed by atoms with van der Waals surface area (Å²) in [5.74, 6) is 3.29. The first kappa shape index (κ1) is 39.3. The van der Waals surface area contributed by atoms with Crippen LogP contribution in [0.1, 0.15) is 33.9 Å². The highest BCUT2D eigenvalue weighted by Crippen LogP contribution is 2.37. The van der Waals surface area contributed by atoms with Gasteiger partial charge >= 0.3 is 0 Å². The van der Waals surface area contributed by atoms with Crippen LogP contribution in [0.3, 0.4) is 0 Å². The molecule has 19 heteroatoms. The summed E-state index contributed by atoms with van der Waals surface area (Å²) in [5.41, 5.74) is 14.3. The Morgan fingerprint density at radius 1 is 0.655 bits per heavy atom. The number of fused-ring (bicyclic) bond motifs is 2. The van der Waals surface area contributed by atoms with Gasteiger partial charge in [-0.2, -0.15) is 0 Å². The third-order valence-corrected chi connectivity index (χ3v) is 13.4. The van der Waals surface area contributed by atoms with Gasteiger partial charge in [0.2, 0.25) is 19.3 Å². The van der Waals surface area contributed by atoms with Crippen molar-refractivity contribution < 1.29 is 17.9 Å². The maximum Gasteiger partial charge on any atom is 0.232 e. The number of ether oxygens (including phenoxy) is 2. The highest BCUT2D eigenvalue weighted by atomic mass is 32.2. The van der Waals surface area contributed by atoms with E-state index in [9.17, 15) is 8.42 Å². The molecule has 0 atom stereocenters. The average Bonchev–Trinajstić information content (AvgIpc) is 4.08. The lowest BCUT2D eigenvalue weighted by Crippen LogP contribution is -2.36. The summed E-state index contributed by atoms with van der Waals surface area (Å²) in [5, 5.41) is 17.8. The lowest BCUT2D eigenvalue weighted by atomic mass is 10.0. The second-order valence-corrected chi connectivity index (χ2v) is 17.8. The molecule has 0 bridgehead atoms. The third kappa shape index (κ3) is 8.22. The highest BCUT2D eigenvalue weighted by molar-refractivity contribution is 7.92. The van der Waals surface area contributed by atoms with E-state index in [-0.39, 0.29) is 10.5 Å². The zero-order valence-corrected chi connectivity index (χ0v) is 34.1. The van der Waals surface area contributed by atoms with Crippen LogP contribution in [-0.2, 0) is 32.2 Å². The van der Waals surface area contributed by atoms with Crippen molar-refractivity contribution in [1.82, 2.24) is 46.5 Å². The number of rotatable bonds is 7. The number of sulfone groups is 1. The van der Waals surface area contributed by atoms with Crippen LogP contribution in [0.5, 0.6) is 0 Å². The van der Waals surface area contributed by atoms with Gasteiger partial charge in [0.05, 0.1) is 26.4 Å². The first-order chi connectivity index (χ1) is 27.8. The Bertz CT molecular complexity index is 2630. The number of morpholine rings is 2. The lowest BCUT2D eigenvalue weighted by Gasteiger charge is -2.27. The van der Waals surface area contributed by atoms with E-state index >= 15 is 0 Å². The molecule has 0 unspecified atom stereocenters. The quantitative estimate of drug-likeness (QED) is 0.221. The smallest absolute Gasteiger partial charge is 0.232 e. The Balaban J connectivity index is 0.000000160. The van der Waals surface area contributed by atoms with Crippen LogP contribution in [0.25, 0.3) is 32.3 Å². The summed E-state index contributed by atoms with van der Waals surface area (Å²) >= 11 is 2.47. The van der Waals surface area contributed by atoms with Gasteiger partial charge in [-0.1, -0.05) is 59.1 Å². The highest BCUT2D eigenvalue weighted by Gasteiger charge is 2.24. The Labute approximate surface area is 343 Å². The number of allylic oxidation sites excluding steroid dienone is 2. The van der Waals surface area contributed by atoms with Crippen LogP contribution >= 0.6 is 22.7 Å². The minimum atomic E-state index is -3.37. The van der Waals surface area contributed by atoms with E-state index in [4.69, 9.17) is 25.2 Å². The Kier molecular flexibility index (Phi) is 11.3. The summed E-state index contributed by atoms with van der Waals surface area (Å²) in [6, 6.07) is 16.2. The molecule has 0 saturated carbocycles. The molecule has 6 heterocycles. The Hall–Kier alpha value is -5.57. The van der Waals surface area contributed by atoms with Crippen molar-refractivity contribution in [2.75, 3.05) is 74.4 Å². The molecule has 2 saturated heterocycles. The SMILES string of the molecule is CS(=O)(=O)c1nnc(-c2ccc3c(c2)C(c2nccc(N4CCOCC4)n2)=CC3)s1.N.Nc1nnc(-c2ccc3c(c2)C(c2nccc(N4CCOCC4)n2)=CC3)s1. The topological polar surface area (TPSA) is 223 Å². The molecule has 0 amide bonds. The average molecular weight is 837 g/mol. The maximum absolute atomic E-state index is 11.7. The van der Waals surface area contributed by atoms with Crippen LogP contribution in [0.15, 0.2) is 77.4 Å². The van der Waals surface area contributed by atoms with Crippen LogP contribution in [0, 0.1) is 0 Å². The molecule has 16 nitrogen and oxygen atoms in total. The number of anilines is 3. The standard InChI is InChI=1S/C20H19N5O3S2.C19H18N6OS.H3N/c1-30(26,27)20-24-23-19(29-20)14-3-2-13-4-5-15(16(13)12-14)18-21-7-6-17(22-18)25-8-10-28-11-9-25;20-19-24-23-18(27-19)13-2-1-12-3-4-14(15(12)11-13)17-21-6-5-16(22-17)25-7-9-26-10-8-25;/h2-3,5-7,12H,4,8-11H2,1H3;1-2,4-6,11H,3,7-10H2,(H2,20,24);1H3. The second kappa shape index (κ2) is 16.7. The molecule has 4 aromatic heterocycles. The number of nitrogens with two attached hydrogens (primary N) is 1. The van der Waals surface area contributed by atoms with Gasteiger partial charge in [0, 0.05) is 67.1 Å². The Morgan fingerprint density at radius 2 is 1.14 bits per heavy atom. The van der Waals surface area contributed by atoms with E-state index in [0.29, 0.717) is 29.2 Å². The number of benzene rings is 2. The van der Waals surface area contributed by atoms with Gasteiger partial charge in [-0.25, -0.2) is 28.4 Å². The zero-order valence-electron chi connectivity index (χ0n) is 31.6. The van der Waals surface area contributed by atoms with E-state index in [2.05, 4.69) is 70.5 Å². The fourth-order valence-electron chi connectivity index (χ4n) is 7.07. The lowest BCUT2D eigenvalue weighted by molar-refractivity contribution is 0.122. The van der Waals surface area contributed by atoms with E-state index in [1.807, 2.05) is 36.5 Å². The largest absolute Gasteiger partial charge is 0.378 e. The molecule has 2 fully saturated rings. The van der Waals surface area contributed by atoms with Gasteiger partial charge < -0.3 is 31.2 Å². The predicted molar refractivity (Wildman–Crippen MR) is 225 cm³/mol. The van der Waals surface area contributed by atoms with Crippen LogP contribution in [0.2, 0.25) is 0 Å². The molecular formula is C39H40N12O4S3. The summed E-state index contributed by atoms with van der Waals surface area (Å²) in [4.78, 5) is 23.1. The van der Waals surface area contributed by atoms with Crippen molar-refractivity contribution in [2.24, 2.45) is 0 Å². The fourth-order valence-corrected chi connectivity index (χ4v) is 9.28. The summed E-state index contributed by atoms with van der Waals surface area (Å²) < 4.78 is 34.4. The number of hydrogen-bond donors (Lipinski definition) is 2. The predicted octanol–water partition coefficient (Wildman–Crippen LogP) is 4.79. The molecule has 6 aromatic rings. The number of hydrogen-bond acceptors (Lipinski definition) is 18. The molecule has 2 aliphatic carbocycles. The van der Waals surface area contributed by atoms with E-state index in [1.165, 1.54) is 22.5 Å². The van der Waals surface area contributed by atoms with Gasteiger partial charge in [-0.05, 0) is 59.4 Å². The van der Waals surface area contributed by atoms with E-state index in [0.717, 1.165) is 126 Å². The minimum Gasteiger partial charge on any atom is -0.378 e. The Morgan fingerprint density at radius 3 is 1.59 bits per heavy atom. The van der Waals surface area contributed by atoms with Crippen LogP contribution in [-0.4, -0.2) is 108 Å². The van der Waals surface area contributed by atoms with Gasteiger partial charge in [0.25, 0.3) is 0 Å². The molecular weight excluding hydrogens is 797 g/mol. The monoisotopic (exact) mass is 836 g/mol. The minimum absolute atomic E-state index is 0. The van der Waals surface area contributed by atoms with Crippen molar-refractivity contribution in [3.8, 4) is 21.1 Å². The van der Waals surface area contributed by atoms with Crippen molar-refractivity contribution in [3.05, 3.63) is 107 Å². The van der Waals surface area contributed by atoms with Gasteiger partial charge in [-0.15, -0.1) is 20.4 Å². The molecule has 0 spiro atoms. The molecule has 2 aromatic carbocycles. The molecule has 0 radical (unpaired) electrons. The first-order valence-corrected chi connectivity index (χ1v) is 21.9. The van der Waals surface area contributed by atoms with Gasteiger partial charge in [0.1, 0.15) is 21.7 Å². The van der Waals surface area contributed by atoms with Crippen LogP contribution < -0.4 is 21.7 Å². The normalized spacial score (nSPS) is 16.1. The molecule has 10 rings (SSSR count). The maximum atomic E-state index is 11.7. The number of nitrogen functional groups attached to an aromatic ring is 1. The molecule has 5 N–H and O–H groups in total. The first-order valence-electron chi connectivity index (χ1n) is 18.4. The van der Waals surface area contributed by atoms with Gasteiger partial charge in [0.15, 0.2) is 11.6 Å². The summed E-state index contributed by atoms with van der Waals surface area (Å²) in [6.45, 7) is 6.21. The van der Waals surface area contributed by atoms with Crippen molar-refractivity contribution >= 4 is 60.4 Å². The van der Waals surface area contributed by atoms with E-state index < -0.39 is 9.84 Å². The van der Waals surface area contributed by atoms with Crippen molar-refractivity contribution in [1.29, 1.82) is 0 Å². The second-order valence-electron chi connectivity index (χ2n) is 13.7. The van der Waals surface area contributed by atoms with Crippen molar-refractivity contribution in [2.45, 2.75) is 17.2 Å². The molecule has 58 heavy (non-hydrogen) atoms. The molecule has 2 aliphatic heterocycles. The summed E-state index contributed by atoms with van der Waals surface area (Å²) in [7, 11) is -3.37. The molecule has 298 valence electrons. The molecule has 4 aliphatic rings. The van der Waals surface area contributed by atoms with Gasteiger partial charge in [-0.3, -0.25) is 0 Å². The fraction of sp³-hybridized carbons (Fsp3) is 0.282. The zero-order chi connectivity index (χ0) is 38.9.